The first-order valence-electron chi connectivity index (χ1n) is 9.60. The average molecular weight is 435 g/mol. The van der Waals surface area contributed by atoms with Gasteiger partial charge in [0.05, 0.1) is 13.2 Å². The van der Waals surface area contributed by atoms with Crippen molar-refractivity contribution in [3.8, 4) is 5.75 Å². The molecular formula is C22H27ClN2O5. The molecule has 1 aromatic carbocycles. The molecule has 0 spiro atoms. The minimum Gasteiger partial charge on any atom is -0.484 e. The molecule has 1 heterocycles. The number of carbonyl (C=O) groups is 3. The summed E-state index contributed by atoms with van der Waals surface area (Å²) in [4.78, 5) is 39.6. The Morgan fingerprint density at radius 2 is 1.77 bits per heavy atom. The number of nitrogens with zero attached hydrogens (tertiary/aromatic N) is 2. The van der Waals surface area contributed by atoms with Gasteiger partial charge in [0.2, 0.25) is 0 Å². The minimum absolute atomic E-state index is 0.201. The molecule has 2 rings (SSSR count). The van der Waals surface area contributed by atoms with Crippen LogP contribution in [0.15, 0.2) is 24.3 Å². The Morgan fingerprint density at radius 3 is 2.30 bits per heavy atom. The SMILES string of the molecule is CCN(C(=O)COc1ccc(Cl)cc1)C(C)C(=O)c1c(C)c(C(=O)OC)n(C)c1C. The minimum atomic E-state index is -0.721. The maximum atomic E-state index is 13.3. The van der Waals surface area contributed by atoms with Gasteiger partial charge in [0.1, 0.15) is 11.4 Å². The van der Waals surface area contributed by atoms with E-state index in [9.17, 15) is 14.4 Å². The maximum Gasteiger partial charge on any atom is 0.354 e. The first kappa shape index (κ1) is 23.5. The lowest BCUT2D eigenvalue weighted by Gasteiger charge is -2.27. The third-order valence-corrected chi connectivity index (χ3v) is 5.49. The van der Waals surface area contributed by atoms with E-state index in [2.05, 4.69) is 0 Å². The fourth-order valence-corrected chi connectivity index (χ4v) is 3.63. The molecule has 7 nitrogen and oxygen atoms in total. The number of ketones is 1. The monoisotopic (exact) mass is 434 g/mol. The van der Waals surface area contributed by atoms with Crippen LogP contribution in [0.1, 0.15) is 46.0 Å². The van der Waals surface area contributed by atoms with Crippen molar-refractivity contribution < 1.29 is 23.9 Å². The zero-order valence-electron chi connectivity index (χ0n) is 18.1. The molecule has 2 aromatic rings. The number of aromatic nitrogens is 1. The Kier molecular flexibility index (Phi) is 7.67. The van der Waals surface area contributed by atoms with Crippen molar-refractivity contribution in [2.45, 2.75) is 33.7 Å². The van der Waals surface area contributed by atoms with E-state index in [1.165, 1.54) is 12.0 Å². The molecule has 1 atom stereocenters. The number of halogens is 1. The van der Waals surface area contributed by atoms with Gasteiger partial charge in [-0.1, -0.05) is 11.6 Å². The van der Waals surface area contributed by atoms with Crippen LogP contribution in [0.4, 0.5) is 0 Å². The van der Waals surface area contributed by atoms with E-state index in [4.69, 9.17) is 21.1 Å². The van der Waals surface area contributed by atoms with E-state index < -0.39 is 12.0 Å². The number of likely N-dealkylation sites (N-methyl/N-ethyl adjacent to an activating group) is 1. The zero-order valence-corrected chi connectivity index (χ0v) is 18.9. The van der Waals surface area contributed by atoms with Crippen molar-refractivity contribution in [2.75, 3.05) is 20.3 Å². The molecule has 0 saturated carbocycles. The summed E-state index contributed by atoms with van der Waals surface area (Å²) in [7, 11) is 3.01. The largest absolute Gasteiger partial charge is 0.484 e. The van der Waals surface area contributed by atoms with Gasteiger partial charge in [-0.25, -0.2) is 4.79 Å². The van der Waals surface area contributed by atoms with Crippen molar-refractivity contribution in [2.24, 2.45) is 7.05 Å². The van der Waals surface area contributed by atoms with Gasteiger partial charge < -0.3 is 18.9 Å². The Labute approximate surface area is 181 Å². The number of hydrogen-bond donors (Lipinski definition) is 0. The molecule has 8 heteroatoms. The predicted molar refractivity (Wildman–Crippen MR) is 114 cm³/mol. The summed E-state index contributed by atoms with van der Waals surface area (Å²) < 4.78 is 12.0. The number of hydrogen-bond acceptors (Lipinski definition) is 5. The van der Waals surface area contributed by atoms with Gasteiger partial charge in [0.25, 0.3) is 5.91 Å². The van der Waals surface area contributed by atoms with Crippen molar-refractivity contribution in [1.29, 1.82) is 0 Å². The van der Waals surface area contributed by atoms with Gasteiger partial charge in [-0.3, -0.25) is 9.59 Å². The summed E-state index contributed by atoms with van der Waals surface area (Å²) in [6.45, 7) is 7.09. The molecule has 0 aliphatic rings. The summed E-state index contributed by atoms with van der Waals surface area (Å²) in [5, 5.41) is 0.572. The second-order valence-electron chi connectivity index (χ2n) is 6.95. The molecule has 30 heavy (non-hydrogen) atoms. The fourth-order valence-electron chi connectivity index (χ4n) is 3.50. The maximum absolute atomic E-state index is 13.3. The van der Waals surface area contributed by atoms with Crippen LogP contribution < -0.4 is 4.74 Å². The molecule has 1 amide bonds. The van der Waals surface area contributed by atoms with E-state index in [0.29, 0.717) is 39.8 Å². The second kappa shape index (κ2) is 9.80. The van der Waals surface area contributed by atoms with Gasteiger partial charge in [0.15, 0.2) is 12.4 Å². The summed E-state index contributed by atoms with van der Waals surface area (Å²) in [5.41, 5.74) is 1.94. The number of Topliss-reactive ketones (excluding diaryl/α,β-unsaturated/α-hetero) is 1. The van der Waals surface area contributed by atoms with Crippen LogP contribution >= 0.6 is 11.6 Å². The Hall–Kier alpha value is -2.80. The molecule has 0 saturated heterocycles. The predicted octanol–water partition coefficient (Wildman–Crippen LogP) is 3.58. The van der Waals surface area contributed by atoms with Crippen molar-refractivity contribution in [3.05, 3.63) is 51.8 Å². The van der Waals surface area contributed by atoms with Gasteiger partial charge >= 0.3 is 5.97 Å². The van der Waals surface area contributed by atoms with E-state index in [0.717, 1.165) is 0 Å². The zero-order chi connectivity index (χ0) is 22.6. The van der Waals surface area contributed by atoms with Crippen LogP contribution in [0, 0.1) is 13.8 Å². The molecule has 0 radical (unpaired) electrons. The van der Waals surface area contributed by atoms with Crippen molar-refractivity contribution in [1.82, 2.24) is 9.47 Å². The average Bonchev–Trinajstić information content (AvgIpc) is 2.95. The molecule has 162 valence electrons. The molecule has 0 aliphatic heterocycles. The van der Waals surface area contributed by atoms with E-state index in [1.807, 2.05) is 0 Å². The second-order valence-corrected chi connectivity index (χ2v) is 7.38. The van der Waals surface area contributed by atoms with Crippen LogP contribution in [0.2, 0.25) is 5.02 Å². The van der Waals surface area contributed by atoms with Crippen molar-refractivity contribution >= 4 is 29.3 Å². The first-order valence-corrected chi connectivity index (χ1v) is 9.98. The molecule has 0 fully saturated rings. The number of methoxy groups -OCH3 is 1. The van der Waals surface area contributed by atoms with Crippen LogP contribution in [0.3, 0.4) is 0 Å². The van der Waals surface area contributed by atoms with E-state index in [-0.39, 0.29) is 18.3 Å². The van der Waals surface area contributed by atoms with Crippen molar-refractivity contribution in [3.63, 3.8) is 0 Å². The molecule has 1 aromatic heterocycles. The molecule has 1 unspecified atom stereocenters. The number of carbonyl (C=O) groups excluding carboxylic acids is 3. The third kappa shape index (κ3) is 4.67. The highest BCUT2D eigenvalue weighted by Crippen LogP contribution is 2.24. The van der Waals surface area contributed by atoms with E-state index >= 15 is 0 Å². The standard InChI is InChI=1S/C22H27ClN2O5/c1-7-25(18(26)12-30-17-10-8-16(23)9-11-17)15(4)21(27)19-13(2)20(22(28)29-6)24(5)14(19)3/h8-11,15H,7,12H2,1-6H3. The molecule has 0 N–H and O–H groups in total. The van der Waals surface area contributed by atoms with Gasteiger partial charge in [-0.15, -0.1) is 0 Å². The molecule has 0 aliphatic carbocycles. The highest BCUT2D eigenvalue weighted by atomic mass is 35.5. The number of esters is 1. The normalized spacial score (nSPS) is 11.7. The summed E-state index contributed by atoms with van der Waals surface area (Å²) in [6.07, 6.45) is 0. The Bertz CT molecular complexity index is 949. The highest BCUT2D eigenvalue weighted by molar-refractivity contribution is 6.30. The fraction of sp³-hybridized carbons (Fsp3) is 0.409. The number of rotatable bonds is 8. The lowest BCUT2D eigenvalue weighted by Crippen LogP contribution is -2.45. The number of benzene rings is 1. The van der Waals surface area contributed by atoms with Crippen LogP contribution in [0.25, 0.3) is 0 Å². The smallest absolute Gasteiger partial charge is 0.354 e. The molecular weight excluding hydrogens is 408 g/mol. The third-order valence-electron chi connectivity index (χ3n) is 5.24. The summed E-state index contributed by atoms with van der Waals surface area (Å²) in [6, 6.07) is 5.97. The van der Waals surface area contributed by atoms with Crippen LogP contribution in [-0.2, 0) is 16.6 Å². The quantitative estimate of drug-likeness (QED) is 0.468. The summed E-state index contributed by atoms with van der Waals surface area (Å²) >= 11 is 5.85. The lowest BCUT2D eigenvalue weighted by molar-refractivity contribution is -0.134. The number of amides is 1. The lowest BCUT2D eigenvalue weighted by atomic mass is 10.00. The van der Waals surface area contributed by atoms with Crippen LogP contribution in [0.5, 0.6) is 5.75 Å². The van der Waals surface area contributed by atoms with Gasteiger partial charge in [-0.05, 0) is 57.5 Å². The Morgan fingerprint density at radius 1 is 1.17 bits per heavy atom. The summed E-state index contributed by atoms with van der Waals surface area (Å²) in [5.74, 6) is -0.546. The molecule has 0 bridgehead atoms. The van der Waals surface area contributed by atoms with Crippen LogP contribution in [-0.4, -0.2) is 53.4 Å². The topological polar surface area (TPSA) is 77.8 Å². The van der Waals surface area contributed by atoms with Gasteiger partial charge in [0, 0.05) is 29.9 Å². The van der Waals surface area contributed by atoms with E-state index in [1.54, 1.807) is 63.6 Å². The van der Waals surface area contributed by atoms with Gasteiger partial charge in [-0.2, -0.15) is 0 Å². The highest BCUT2D eigenvalue weighted by Gasteiger charge is 2.31. The first-order chi connectivity index (χ1) is 14.1. The number of ether oxygens (including phenoxy) is 2. The Balaban J connectivity index is 2.21.